The Balaban J connectivity index is 3.79. The zero-order valence-electron chi connectivity index (χ0n) is 18.5. The molecule has 0 aliphatic heterocycles. The molecule has 0 spiro atoms. The smallest absolute Gasteiger partial charge is 0.292 e. The van der Waals surface area contributed by atoms with Crippen molar-refractivity contribution in [2.24, 2.45) is 0 Å². The van der Waals surface area contributed by atoms with E-state index in [-0.39, 0.29) is 5.97 Å². The summed E-state index contributed by atoms with van der Waals surface area (Å²) in [6.45, 7) is 8.95. The number of hydrogen-bond donors (Lipinski definition) is 0. The van der Waals surface area contributed by atoms with Crippen molar-refractivity contribution in [1.29, 1.82) is 0 Å². The minimum Gasteiger partial charge on any atom is -0.519 e. The van der Waals surface area contributed by atoms with E-state index in [4.69, 9.17) is 4.43 Å². The molecule has 0 aromatic rings. The molecule has 0 bridgehead atoms. The Kier molecular flexibility index (Phi) is 17.9. The van der Waals surface area contributed by atoms with Crippen molar-refractivity contribution in [3.05, 3.63) is 0 Å². The van der Waals surface area contributed by atoms with Gasteiger partial charge in [-0.2, -0.15) is 0 Å². The summed E-state index contributed by atoms with van der Waals surface area (Å²) >= 11 is 0. The molecule has 0 amide bonds. The van der Waals surface area contributed by atoms with Gasteiger partial charge in [-0.1, -0.05) is 111 Å². The van der Waals surface area contributed by atoms with Crippen LogP contribution in [-0.2, 0) is 9.22 Å². The first-order valence-corrected chi connectivity index (χ1v) is 14.4. The average Bonchev–Trinajstić information content (AvgIpc) is 2.60. The fraction of sp³-hybridized carbons (Fsp3) is 0.957. The Bertz CT molecular complexity index is 300. The van der Waals surface area contributed by atoms with Crippen LogP contribution in [0.4, 0.5) is 0 Å². The molecule has 0 aromatic heterocycles. The molecule has 0 radical (unpaired) electrons. The summed E-state index contributed by atoms with van der Waals surface area (Å²) < 4.78 is 6.15. The van der Waals surface area contributed by atoms with E-state index in [1.54, 1.807) is 0 Å². The Hall–Kier alpha value is -0.313. The van der Waals surface area contributed by atoms with Gasteiger partial charge in [-0.3, -0.25) is 4.79 Å². The summed E-state index contributed by atoms with van der Waals surface area (Å²) in [5, 5.41) is 0. The first kappa shape index (κ1) is 25.7. The lowest BCUT2D eigenvalue weighted by Crippen LogP contribution is -2.40. The van der Waals surface area contributed by atoms with E-state index in [2.05, 4.69) is 27.7 Å². The van der Waals surface area contributed by atoms with E-state index >= 15 is 0 Å². The average molecular weight is 385 g/mol. The summed E-state index contributed by atoms with van der Waals surface area (Å²) in [5.74, 6) is 0.0999. The van der Waals surface area contributed by atoms with Gasteiger partial charge in [0.2, 0.25) is 0 Å². The van der Waals surface area contributed by atoms with Crippen LogP contribution in [0.1, 0.15) is 124 Å². The molecule has 0 saturated carbocycles. The molecule has 0 unspecified atom stereocenters. The van der Waals surface area contributed by atoms with Crippen LogP contribution in [0.5, 0.6) is 0 Å². The third-order valence-corrected chi connectivity index (χ3v) is 10.3. The van der Waals surface area contributed by atoms with Gasteiger partial charge in [-0.15, -0.1) is 0 Å². The van der Waals surface area contributed by atoms with Crippen LogP contribution in [-0.4, -0.2) is 14.3 Å². The highest BCUT2D eigenvalue weighted by atomic mass is 28.4. The SMILES string of the molecule is CCCCCCCCCCCCCC(=O)O[Si](CCC)(CCC)CCC. The summed E-state index contributed by atoms with van der Waals surface area (Å²) in [5.41, 5.74) is 0. The lowest BCUT2D eigenvalue weighted by Gasteiger charge is -2.30. The second-order valence-electron chi connectivity index (χ2n) is 8.19. The zero-order valence-corrected chi connectivity index (χ0v) is 19.5. The van der Waals surface area contributed by atoms with Crippen LogP contribution in [0.3, 0.4) is 0 Å². The van der Waals surface area contributed by atoms with Crippen molar-refractivity contribution in [1.82, 2.24) is 0 Å². The molecule has 26 heavy (non-hydrogen) atoms. The van der Waals surface area contributed by atoms with Crippen LogP contribution < -0.4 is 0 Å². The predicted octanol–water partition coefficient (Wildman–Crippen LogP) is 8.41. The molecule has 0 fully saturated rings. The number of carbonyl (C=O) groups is 1. The first-order chi connectivity index (χ1) is 12.6. The van der Waals surface area contributed by atoms with Gasteiger partial charge in [0, 0.05) is 6.42 Å². The quantitative estimate of drug-likeness (QED) is 0.165. The maximum Gasteiger partial charge on any atom is 0.292 e. The highest BCUT2D eigenvalue weighted by Gasteiger charge is 2.35. The molecule has 0 aliphatic rings. The Labute approximate surface area is 166 Å². The molecule has 0 rings (SSSR count). The molecule has 156 valence electrons. The Morgan fingerprint density at radius 2 is 0.962 bits per heavy atom. The third-order valence-electron chi connectivity index (χ3n) is 5.43. The van der Waals surface area contributed by atoms with Gasteiger partial charge >= 0.3 is 0 Å². The number of rotatable bonds is 19. The van der Waals surface area contributed by atoms with Crippen molar-refractivity contribution in [2.75, 3.05) is 0 Å². The van der Waals surface area contributed by atoms with Crippen LogP contribution >= 0.6 is 0 Å². The highest BCUT2D eigenvalue weighted by Crippen LogP contribution is 2.28. The van der Waals surface area contributed by atoms with Crippen LogP contribution in [0, 0.1) is 0 Å². The second-order valence-corrected chi connectivity index (χ2v) is 12.3. The summed E-state index contributed by atoms with van der Waals surface area (Å²) in [7, 11) is -1.81. The predicted molar refractivity (Wildman–Crippen MR) is 118 cm³/mol. The standard InChI is InChI=1S/C23H48O2Si/c1-5-9-10-11-12-13-14-15-16-17-18-19-23(24)25-26(20-6-2,21-7-3)22-8-4/h5-22H2,1-4H3. The number of carbonyl (C=O) groups excluding carboxylic acids is 1. The molecule has 0 saturated heterocycles. The molecule has 2 nitrogen and oxygen atoms in total. The van der Waals surface area contributed by atoms with Crippen molar-refractivity contribution in [3.8, 4) is 0 Å². The van der Waals surface area contributed by atoms with Gasteiger partial charge in [-0.25, -0.2) is 0 Å². The monoisotopic (exact) mass is 384 g/mol. The number of unbranched alkanes of at least 4 members (excludes halogenated alkanes) is 10. The summed E-state index contributed by atoms with van der Waals surface area (Å²) in [4.78, 5) is 12.4. The molecule has 0 N–H and O–H groups in total. The van der Waals surface area contributed by atoms with Gasteiger partial charge < -0.3 is 4.43 Å². The van der Waals surface area contributed by atoms with Crippen molar-refractivity contribution < 1.29 is 9.22 Å². The molecular weight excluding hydrogens is 336 g/mol. The number of hydrogen-bond acceptors (Lipinski definition) is 2. The maximum absolute atomic E-state index is 12.4. The van der Waals surface area contributed by atoms with E-state index in [0.717, 1.165) is 43.8 Å². The fourth-order valence-electron chi connectivity index (χ4n) is 4.12. The third kappa shape index (κ3) is 13.8. The lowest BCUT2D eigenvalue weighted by atomic mass is 10.1. The molecule has 0 heterocycles. The van der Waals surface area contributed by atoms with Crippen LogP contribution in [0.15, 0.2) is 0 Å². The Morgan fingerprint density at radius 1 is 0.577 bits per heavy atom. The highest BCUT2D eigenvalue weighted by molar-refractivity contribution is 6.75. The summed E-state index contributed by atoms with van der Waals surface area (Å²) in [6.07, 6.45) is 18.7. The van der Waals surface area contributed by atoms with E-state index in [0.29, 0.717) is 6.42 Å². The summed E-state index contributed by atoms with van der Waals surface area (Å²) in [6, 6.07) is 3.45. The minimum atomic E-state index is -1.81. The van der Waals surface area contributed by atoms with Crippen molar-refractivity contribution in [3.63, 3.8) is 0 Å². The normalized spacial score (nSPS) is 11.7. The van der Waals surface area contributed by atoms with E-state index in [9.17, 15) is 4.79 Å². The Morgan fingerprint density at radius 3 is 1.35 bits per heavy atom. The van der Waals surface area contributed by atoms with Gasteiger partial charge in [-0.05, 0) is 24.6 Å². The van der Waals surface area contributed by atoms with Gasteiger partial charge in [0.05, 0.1) is 0 Å². The van der Waals surface area contributed by atoms with E-state index < -0.39 is 8.32 Å². The first-order valence-electron chi connectivity index (χ1n) is 11.9. The zero-order chi connectivity index (χ0) is 19.5. The molecular formula is C23H48O2Si. The maximum atomic E-state index is 12.4. The van der Waals surface area contributed by atoms with Gasteiger partial charge in [0.1, 0.15) is 0 Å². The molecule has 0 aliphatic carbocycles. The van der Waals surface area contributed by atoms with Gasteiger partial charge in [0.15, 0.2) is 0 Å². The fourth-order valence-corrected chi connectivity index (χ4v) is 8.50. The van der Waals surface area contributed by atoms with Crippen LogP contribution in [0.25, 0.3) is 0 Å². The molecule has 0 atom stereocenters. The van der Waals surface area contributed by atoms with Crippen molar-refractivity contribution in [2.45, 2.75) is 142 Å². The molecule has 0 aromatic carbocycles. The van der Waals surface area contributed by atoms with E-state index in [1.807, 2.05) is 0 Å². The van der Waals surface area contributed by atoms with Gasteiger partial charge in [0.25, 0.3) is 14.3 Å². The topological polar surface area (TPSA) is 26.3 Å². The second kappa shape index (κ2) is 18.1. The molecule has 3 heteroatoms. The van der Waals surface area contributed by atoms with E-state index in [1.165, 1.54) is 64.2 Å². The lowest BCUT2D eigenvalue weighted by molar-refractivity contribution is -0.135. The largest absolute Gasteiger partial charge is 0.519 e. The van der Waals surface area contributed by atoms with Crippen LogP contribution in [0.2, 0.25) is 18.1 Å². The minimum absolute atomic E-state index is 0.0999. The van der Waals surface area contributed by atoms with Crippen molar-refractivity contribution >= 4 is 14.3 Å².